The molecule has 1 heterocycles. The summed E-state index contributed by atoms with van der Waals surface area (Å²) >= 11 is 0. The van der Waals surface area contributed by atoms with Gasteiger partial charge in [-0.1, -0.05) is 10.7 Å². The van der Waals surface area contributed by atoms with E-state index in [-0.39, 0.29) is 17.1 Å². The van der Waals surface area contributed by atoms with E-state index in [4.69, 9.17) is 17.2 Å². The number of primary amides is 1. The molecule has 76 valence electrons. The third-order valence-electron chi connectivity index (χ3n) is 1.76. The van der Waals surface area contributed by atoms with Crippen LogP contribution in [-0.2, 0) is 0 Å². The first-order valence-electron chi connectivity index (χ1n) is 3.93. The molecule has 0 spiro atoms. The van der Waals surface area contributed by atoms with Gasteiger partial charge in [-0.2, -0.15) is 0 Å². The summed E-state index contributed by atoms with van der Waals surface area (Å²) in [6.45, 7) is 3.57. The summed E-state index contributed by atoms with van der Waals surface area (Å²) in [7, 11) is 0. The van der Waals surface area contributed by atoms with Crippen LogP contribution in [-0.4, -0.2) is 11.1 Å². The standard InChI is InChI=1S/C8H12N4O2/c1-3(2)5(9)4-6(7(10)13)12-14-8(4)11/h9,11H2,1-2H3,(H2,10,13). The second-order valence-electron chi connectivity index (χ2n) is 3.05. The van der Waals surface area contributed by atoms with Crippen LogP contribution in [0.1, 0.15) is 29.9 Å². The van der Waals surface area contributed by atoms with E-state index < -0.39 is 5.91 Å². The number of carbonyl (C=O) groups is 1. The van der Waals surface area contributed by atoms with Crippen molar-refractivity contribution in [3.8, 4) is 0 Å². The highest BCUT2D eigenvalue weighted by Gasteiger charge is 2.20. The van der Waals surface area contributed by atoms with Crippen molar-refractivity contribution in [3.05, 3.63) is 16.8 Å². The van der Waals surface area contributed by atoms with E-state index in [2.05, 4.69) is 9.68 Å². The molecule has 6 N–H and O–H groups in total. The Labute approximate surface area is 80.7 Å². The minimum atomic E-state index is -0.718. The SMILES string of the molecule is CC(C)=C(N)c1c(C(N)=O)noc1N. The molecule has 14 heavy (non-hydrogen) atoms. The second kappa shape index (κ2) is 3.41. The first kappa shape index (κ1) is 10.1. The van der Waals surface area contributed by atoms with E-state index in [1.165, 1.54) is 0 Å². The number of hydrogen-bond donors (Lipinski definition) is 3. The zero-order valence-corrected chi connectivity index (χ0v) is 8.00. The topological polar surface area (TPSA) is 121 Å². The smallest absolute Gasteiger partial charge is 0.271 e. The van der Waals surface area contributed by atoms with Gasteiger partial charge in [-0.15, -0.1) is 0 Å². The maximum Gasteiger partial charge on any atom is 0.271 e. The molecule has 0 aromatic carbocycles. The number of aromatic nitrogens is 1. The highest BCUT2D eigenvalue weighted by molar-refractivity contribution is 5.97. The summed E-state index contributed by atoms with van der Waals surface area (Å²) in [4.78, 5) is 10.9. The molecule has 6 heteroatoms. The highest BCUT2D eigenvalue weighted by Crippen LogP contribution is 2.23. The molecule has 0 atom stereocenters. The van der Waals surface area contributed by atoms with E-state index in [1.807, 2.05) is 0 Å². The fourth-order valence-electron chi connectivity index (χ4n) is 0.981. The van der Waals surface area contributed by atoms with Crippen molar-refractivity contribution < 1.29 is 9.32 Å². The first-order valence-corrected chi connectivity index (χ1v) is 3.93. The lowest BCUT2D eigenvalue weighted by Gasteiger charge is -2.02. The highest BCUT2D eigenvalue weighted by atomic mass is 16.5. The molecular weight excluding hydrogens is 184 g/mol. The Kier molecular flexibility index (Phi) is 2.46. The van der Waals surface area contributed by atoms with Crippen LogP contribution in [0.3, 0.4) is 0 Å². The van der Waals surface area contributed by atoms with Crippen molar-refractivity contribution in [2.24, 2.45) is 11.5 Å². The zero-order chi connectivity index (χ0) is 10.9. The van der Waals surface area contributed by atoms with Gasteiger partial charge in [-0.05, 0) is 13.8 Å². The van der Waals surface area contributed by atoms with Crippen LogP contribution in [0.4, 0.5) is 5.88 Å². The Balaban J connectivity index is 3.39. The molecule has 0 bridgehead atoms. The van der Waals surface area contributed by atoms with E-state index in [0.29, 0.717) is 5.70 Å². The van der Waals surface area contributed by atoms with Crippen molar-refractivity contribution in [3.63, 3.8) is 0 Å². The molecule has 0 radical (unpaired) electrons. The number of nitrogens with zero attached hydrogens (tertiary/aromatic N) is 1. The lowest BCUT2D eigenvalue weighted by molar-refractivity contribution is 0.0991. The lowest BCUT2D eigenvalue weighted by Crippen LogP contribution is -2.15. The number of rotatable bonds is 2. The molecule has 1 amide bonds. The Hall–Kier alpha value is -1.98. The number of amides is 1. The Morgan fingerprint density at radius 2 is 1.93 bits per heavy atom. The molecule has 0 aliphatic carbocycles. The van der Waals surface area contributed by atoms with Crippen LogP contribution < -0.4 is 17.2 Å². The van der Waals surface area contributed by atoms with Crippen molar-refractivity contribution in [2.45, 2.75) is 13.8 Å². The molecule has 1 aromatic heterocycles. The molecule has 0 fully saturated rings. The number of anilines is 1. The third-order valence-corrected chi connectivity index (χ3v) is 1.76. The van der Waals surface area contributed by atoms with Gasteiger partial charge in [0.1, 0.15) is 0 Å². The molecule has 0 unspecified atom stereocenters. The van der Waals surface area contributed by atoms with Gasteiger partial charge in [0.05, 0.1) is 5.56 Å². The van der Waals surface area contributed by atoms with E-state index in [9.17, 15) is 4.79 Å². The minimum Gasteiger partial charge on any atom is -0.398 e. The quantitative estimate of drug-likeness (QED) is 0.617. The van der Waals surface area contributed by atoms with Crippen molar-refractivity contribution in [2.75, 3.05) is 5.73 Å². The van der Waals surface area contributed by atoms with Crippen molar-refractivity contribution in [1.82, 2.24) is 5.16 Å². The van der Waals surface area contributed by atoms with Gasteiger partial charge in [-0.25, -0.2) is 0 Å². The lowest BCUT2D eigenvalue weighted by atomic mass is 10.1. The first-order chi connectivity index (χ1) is 6.45. The Bertz CT molecular complexity index is 401. The van der Waals surface area contributed by atoms with Crippen molar-refractivity contribution in [1.29, 1.82) is 0 Å². The van der Waals surface area contributed by atoms with Gasteiger partial charge >= 0.3 is 0 Å². The number of carbonyl (C=O) groups excluding carboxylic acids is 1. The average molecular weight is 196 g/mol. The molecule has 1 aromatic rings. The van der Waals surface area contributed by atoms with E-state index in [0.717, 1.165) is 5.57 Å². The van der Waals surface area contributed by atoms with Crippen LogP contribution in [0.25, 0.3) is 5.70 Å². The molecule has 0 aliphatic rings. The van der Waals surface area contributed by atoms with Crippen LogP contribution in [0.2, 0.25) is 0 Å². The fraction of sp³-hybridized carbons (Fsp3) is 0.250. The summed E-state index contributed by atoms with van der Waals surface area (Å²) in [6.07, 6.45) is 0. The zero-order valence-electron chi connectivity index (χ0n) is 8.00. The summed E-state index contributed by atoms with van der Waals surface area (Å²) in [6, 6.07) is 0. The van der Waals surface area contributed by atoms with Crippen molar-refractivity contribution >= 4 is 17.5 Å². The molecule has 0 saturated heterocycles. The molecule has 0 aliphatic heterocycles. The maximum absolute atomic E-state index is 10.9. The molecule has 1 rings (SSSR count). The summed E-state index contributed by atoms with van der Waals surface area (Å²) in [5.41, 5.74) is 17.7. The number of nitrogen functional groups attached to an aromatic ring is 1. The van der Waals surface area contributed by atoms with Gasteiger partial charge in [0, 0.05) is 5.70 Å². The summed E-state index contributed by atoms with van der Waals surface area (Å²) in [5.74, 6) is -0.720. The monoisotopic (exact) mass is 196 g/mol. The van der Waals surface area contributed by atoms with Crippen LogP contribution in [0, 0.1) is 0 Å². The van der Waals surface area contributed by atoms with Gasteiger partial charge in [0.25, 0.3) is 5.91 Å². The Morgan fingerprint density at radius 3 is 2.36 bits per heavy atom. The normalized spacial score (nSPS) is 9.86. The largest absolute Gasteiger partial charge is 0.398 e. The fourth-order valence-corrected chi connectivity index (χ4v) is 0.981. The minimum absolute atomic E-state index is 0.00231. The molecule has 0 saturated carbocycles. The molecular formula is C8H12N4O2. The van der Waals surface area contributed by atoms with Gasteiger partial charge in [-0.3, -0.25) is 4.79 Å². The van der Waals surface area contributed by atoms with E-state index >= 15 is 0 Å². The Morgan fingerprint density at radius 1 is 1.36 bits per heavy atom. The van der Waals surface area contributed by atoms with Gasteiger partial charge < -0.3 is 21.7 Å². The third kappa shape index (κ3) is 1.54. The van der Waals surface area contributed by atoms with Crippen LogP contribution in [0.15, 0.2) is 10.1 Å². The van der Waals surface area contributed by atoms with Crippen LogP contribution >= 0.6 is 0 Å². The number of hydrogen-bond acceptors (Lipinski definition) is 5. The molecule has 6 nitrogen and oxygen atoms in total. The predicted molar refractivity (Wildman–Crippen MR) is 51.9 cm³/mol. The maximum atomic E-state index is 10.9. The van der Waals surface area contributed by atoms with E-state index in [1.54, 1.807) is 13.8 Å². The average Bonchev–Trinajstić information content (AvgIpc) is 2.45. The number of nitrogens with two attached hydrogens (primary N) is 3. The number of allylic oxidation sites excluding steroid dienone is 1. The summed E-state index contributed by atoms with van der Waals surface area (Å²) < 4.78 is 4.64. The summed E-state index contributed by atoms with van der Waals surface area (Å²) in [5, 5.41) is 3.43. The predicted octanol–water partition coefficient (Wildman–Crippen LogP) is 0.0653. The van der Waals surface area contributed by atoms with Gasteiger partial charge in [0.2, 0.25) is 5.88 Å². The van der Waals surface area contributed by atoms with Crippen LogP contribution in [0.5, 0.6) is 0 Å². The van der Waals surface area contributed by atoms with Gasteiger partial charge in [0.15, 0.2) is 5.69 Å². The second-order valence-corrected chi connectivity index (χ2v) is 3.05.